The zero-order valence-corrected chi connectivity index (χ0v) is 16.8. The summed E-state index contributed by atoms with van der Waals surface area (Å²) in [7, 11) is 1.61. The Morgan fingerprint density at radius 1 is 1.23 bits per heavy atom. The third-order valence-corrected chi connectivity index (χ3v) is 5.18. The van der Waals surface area contributed by atoms with Gasteiger partial charge < -0.3 is 14.8 Å². The van der Waals surface area contributed by atoms with Crippen LogP contribution in [0, 0.1) is 11.8 Å². The SMILES string of the molecule is COc1cc(Cl)c(C2(C)CC2)cc1C#CC1(NC(=O)OC(C)(C)C)CC1. The van der Waals surface area contributed by atoms with Gasteiger partial charge >= 0.3 is 6.09 Å². The number of alkyl carbamates (subject to hydrolysis) is 1. The molecule has 0 atom stereocenters. The molecule has 1 amide bonds. The Balaban J connectivity index is 1.82. The average molecular weight is 376 g/mol. The fourth-order valence-electron chi connectivity index (χ4n) is 2.83. The molecule has 140 valence electrons. The van der Waals surface area contributed by atoms with Crippen LogP contribution in [0.2, 0.25) is 5.02 Å². The molecule has 2 fully saturated rings. The molecule has 2 aliphatic rings. The maximum Gasteiger partial charge on any atom is 0.408 e. The summed E-state index contributed by atoms with van der Waals surface area (Å²) >= 11 is 6.44. The monoisotopic (exact) mass is 375 g/mol. The Bertz CT molecular complexity index is 790. The molecule has 2 saturated carbocycles. The predicted octanol–water partition coefficient (Wildman–Crippen LogP) is 4.81. The van der Waals surface area contributed by atoms with Crippen LogP contribution in [0.4, 0.5) is 4.79 Å². The van der Waals surface area contributed by atoms with Crippen LogP contribution in [0.15, 0.2) is 12.1 Å². The van der Waals surface area contributed by atoms with Crippen LogP contribution in [-0.4, -0.2) is 24.3 Å². The number of amides is 1. The van der Waals surface area contributed by atoms with E-state index in [1.165, 1.54) is 0 Å². The van der Waals surface area contributed by atoms with E-state index in [4.69, 9.17) is 21.1 Å². The van der Waals surface area contributed by atoms with Crippen LogP contribution in [-0.2, 0) is 10.2 Å². The van der Waals surface area contributed by atoms with Gasteiger partial charge in [-0.25, -0.2) is 4.79 Å². The topological polar surface area (TPSA) is 47.6 Å². The van der Waals surface area contributed by atoms with Crippen LogP contribution in [0.3, 0.4) is 0 Å². The fourth-order valence-corrected chi connectivity index (χ4v) is 3.21. The van der Waals surface area contributed by atoms with Gasteiger partial charge in [0.1, 0.15) is 16.9 Å². The summed E-state index contributed by atoms with van der Waals surface area (Å²) in [6.07, 6.45) is 3.48. The molecule has 2 aliphatic carbocycles. The van der Waals surface area contributed by atoms with Crippen LogP contribution in [0.1, 0.15) is 64.5 Å². The van der Waals surface area contributed by atoms with E-state index in [-0.39, 0.29) is 5.41 Å². The molecule has 26 heavy (non-hydrogen) atoms. The van der Waals surface area contributed by atoms with Crippen LogP contribution in [0.5, 0.6) is 5.75 Å². The summed E-state index contributed by atoms with van der Waals surface area (Å²) in [5, 5.41) is 3.62. The molecule has 0 saturated heterocycles. The lowest BCUT2D eigenvalue weighted by Crippen LogP contribution is -2.39. The van der Waals surface area contributed by atoms with E-state index in [1.54, 1.807) is 7.11 Å². The summed E-state index contributed by atoms with van der Waals surface area (Å²) in [6.45, 7) is 7.74. The molecule has 0 spiro atoms. The molecular weight excluding hydrogens is 350 g/mol. The van der Waals surface area contributed by atoms with Crippen molar-refractivity contribution in [2.75, 3.05) is 7.11 Å². The van der Waals surface area contributed by atoms with Gasteiger partial charge in [0.05, 0.1) is 12.7 Å². The van der Waals surface area contributed by atoms with E-state index in [9.17, 15) is 4.79 Å². The first kappa shape index (κ1) is 18.9. The van der Waals surface area contributed by atoms with Gasteiger partial charge in [-0.05, 0) is 63.5 Å². The summed E-state index contributed by atoms with van der Waals surface area (Å²) in [5.74, 6) is 7.07. The second kappa shape index (κ2) is 6.39. The highest BCUT2D eigenvalue weighted by Crippen LogP contribution is 2.51. The lowest BCUT2D eigenvalue weighted by atomic mass is 9.96. The largest absolute Gasteiger partial charge is 0.495 e. The average Bonchev–Trinajstić information content (AvgIpc) is 3.43. The number of methoxy groups -OCH3 is 1. The Kier molecular flexibility index (Phi) is 4.65. The van der Waals surface area contributed by atoms with Gasteiger partial charge in [-0.1, -0.05) is 30.4 Å². The number of carbonyl (C=O) groups excluding carboxylic acids is 1. The molecule has 5 heteroatoms. The van der Waals surface area contributed by atoms with Crippen molar-refractivity contribution >= 4 is 17.7 Å². The quantitative estimate of drug-likeness (QED) is 0.771. The summed E-state index contributed by atoms with van der Waals surface area (Å²) in [6, 6.07) is 3.87. The number of benzene rings is 1. The van der Waals surface area contributed by atoms with Crippen LogP contribution >= 0.6 is 11.6 Å². The van der Waals surface area contributed by atoms with Gasteiger partial charge in [0, 0.05) is 11.1 Å². The maximum absolute atomic E-state index is 12.0. The van der Waals surface area contributed by atoms with Crippen LogP contribution in [0.25, 0.3) is 0 Å². The van der Waals surface area contributed by atoms with Crippen molar-refractivity contribution in [2.45, 2.75) is 69.9 Å². The first-order valence-electron chi connectivity index (χ1n) is 8.98. The lowest BCUT2D eigenvalue weighted by Gasteiger charge is -2.21. The standard InChI is InChI=1S/C21H26ClNO3/c1-19(2,3)26-18(24)23-21(10-11-21)7-6-14-12-15(20(4)8-9-20)16(22)13-17(14)25-5/h12-13H,8-11H2,1-5H3,(H,23,24). The molecule has 4 nitrogen and oxygen atoms in total. The van der Waals surface area contributed by atoms with E-state index in [0.29, 0.717) is 5.75 Å². The number of nitrogens with one attached hydrogen (secondary N) is 1. The third-order valence-electron chi connectivity index (χ3n) is 4.87. The Hall–Kier alpha value is -1.86. The first-order valence-corrected chi connectivity index (χ1v) is 9.36. The zero-order chi connectivity index (χ0) is 19.2. The smallest absolute Gasteiger partial charge is 0.408 e. The minimum atomic E-state index is -0.526. The van der Waals surface area contributed by atoms with Crippen molar-refractivity contribution < 1.29 is 14.3 Å². The van der Waals surface area contributed by atoms with E-state index in [2.05, 4.69) is 24.1 Å². The number of hydrogen-bond acceptors (Lipinski definition) is 3. The van der Waals surface area contributed by atoms with Gasteiger partial charge in [-0.2, -0.15) is 0 Å². The highest BCUT2D eigenvalue weighted by Gasteiger charge is 2.44. The minimum absolute atomic E-state index is 0.145. The summed E-state index contributed by atoms with van der Waals surface area (Å²) < 4.78 is 10.8. The number of rotatable bonds is 3. The van der Waals surface area contributed by atoms with E-state index >= 15 is 0 Å². The van der Waals surface area contributed by atoms with E-state index < -0.39 is 17.2 Å². The van der Waals surface area contributed by atoms with Crippen molar-refractivity contribution in [3.8, 4) is 17.6 Å². The highest BCUT2D eigenvalue weighted by molar-refractivity contribution is 6.31. The molecule has 0 radical (unpaired) electrons. The number of hydrogen-bond donors (Lipinski definition) is 1. The first-order chi connectivity index (χ1) is 12.1. The van der Waals surface area contributed by atoms with Gasteiger partial charge in [-0.3, -0.25) is 0 Å². The fraction of sp³-hybridized carbons (Fsp3) is 0.571. The molecule has 3 rings (SSSR count). The van der Waals surface area contributed by atoms with Gasteiger partial charge in [0.25, 0.3) is 0 Å². The zero-order valence-electron chi connectivity index (χ0n) is 16.1. The second-order valence-electron chi connectivity index (χ2n) is 8.55. The number of carbonyl (C=O) groups is 1. The Labute approximate surface area is 160 Å². The summed E-state index contributed by atoms with van der Waals surface area (Å²) in [5.41, 5.74) is 1.04. The molecular formula is C21H26ClNO3. The van der Waals surface area contributed by atoms with Crippen molar-refractivity contribution in [1.82, 2.24) is 5.32 Å². The summed E-state index contributed by atoms with van der Waals surface area (Å²) in [4.78, 5) is 12.0. The molecule has 0 unspecified atom stereocenters. The Morgan fingerprint density at radius 2 is 1.88 bits per heavy atom. The second-order valence-corrected chi connectivity index (χ2v) is 8.96. The highest BCUT2D eigenvalue weighted by atomic mass is 35.5. The van der Waals surface area contributed by atoms with E-state index in [0.717, 1.165) is 41.8 Å². The molecule has 1 N–H and O–H groups in total. The van der Waals surface area contributed by atoms with Gasteiger partial charge in [0.2, 0.25) is 0 Å². The number of halogens is 1. The van der Waals surface area contributed by atoms with Crippen molar-refractivity contribution in [3.05, 3.63) is 28.3 Å². The van der Waals surface area contributed by atoms with Crippen LogP contribution < -0.4 is 10.1 Å². The predicted molar refractivity (Wildman–Crippen MR) is 103 cm³/mol. The normalized spacial score (nSPS) is 19.0. The molecule has 0 heterocycles. The minimum Gasteiger partial charge on any atom is -0.495 e. The van der Waals surface area contributed by atoms with Gasteiger partial charge in [0.15, 0.2) is 0 Å². The number of ether oxygens (including phenoxy) is 2. The molecule has 0 aliphatic heterocycles. The van der Waals surface area contributed by atoms with Crippen molar-refractivity contribution in [1.29, 1.82) is 0 Å². The molecule has 1 aromatic rings. The maximum atomic E-state index is 12.0. The third kappa shape index (κ3) is 4.27. The van der Waals surface area contributed by atoms with Gasteiger partial charge in [-0.15, -0.1) is 0 Å². The molecule has 0 bridgehead atoms. The Morgan fingerprint density at radius 3 is 2.38 bits per heavy atom. The lowest BCUT2D eigenvalue weighted by molar-refractivity contribution is 0.0511. The van der Waals surface area contributed by atoms with E-state index in [1.807, 2.05) is 32.9 Å². The molecule has 0 aromatic heterocycles. The molecule has 1 aromatic carbocycles. The van der Waals surface area contributed by atoms with Crippen molar-refractivity contribution in [3.63, 3.8) is 0 Å². The van der Waals surface area contributed by atoms with Crippen molar-refractivity contribution in [2.24, 2.45) is 0 Å².